The lowest BCUT2D eigenvalue weighted by atomic mass is 9.76. The van der Waals surface area contributed by atoms with Gasteiger partial charge in [-0.1, -0.05) is 13.8 Å². The summed E-state index contributed by atoms with van der Waals surface area (Å²) in [6, 6.07) is 0.524. The molecule has 2 rings (SSSR count). The van der Waals surface area contributed by atoms with Crippen molar-refractivity contribution in [3.8, 4) is 0 Å². The lowest BCUT2D eigenvalue weighted by Crippen LogP contribution is -2.61. The summed E-state index contributed by atoms with van der Waals surface area (Å²) in [5.41, 5.74) is 6.01. The normalized spacial score (nSPS) is 30.6. The van der Waals surface area contributed by atoms with Crippen molar-refractivity contribution in [1.29, 1.82) is 0 Å². The van der Waals surface area contributed by atoms with Gasteiger partial charge in [0, 0.05) is 19.1 Å². The average Bonchev–Trinajstić information content (AvgIpc) is 2.42. The SMILES string of the molecule is CCCN(C(=O)NC1CCC1)C1(CN)CCC(C)CC1. The fourth-order valence-electron chi connectivity index (χ4n) is 3.47. The third-order valence-corrected chi connectivity index (χ3v) is 5.28. The topological polar surface area (TPSA) is 58.4 Å². The van der Waals surface area contributed by atoms with Gasteiger partial charge in [-0.3, -0.25) is 0 Å². The second kappa shape index (κ2) is 6.79. The van der Waals surface area contributed by atoms with E-state index in [1.54, 1.807) is 0 Å². The first kappa shape index (κ1) is 15.6. The van der Waals surface area contributed by atoms with Crippen LogP contribution in [0.2, 0.25) is 0 Å². The Labute approximate surface area is 123 Å². The summed E-state index contributed by atoms with van der Waals surface area (Å²) in [7, 11) is 0. The first-order chi connectivity index (χ1) is 9.61. The van der Waals surface area contributed by atoms with Crippen LogP contribution in [0, 0.1) is 5.92 Å². The molecule has 0 unspecified atom stereocenters. The Morgan fingerprint density at radius 2 is 1.95 bits per heavy atom. The molecule has 0 aromatic carbocycles. The zero-order valence-corrected chi connectivity index (χ0v) is 13.2. The van der Waals surface area contributed by atoms with Gasteiger partial charge in [0.2, 0.25) is 0 Å². The van der Waals surface area contributed by atoms with Crippen LogP contribution in [0.4, 0.5) is 4.79 Å². The van der Waals surface area contributed by atoms with E-state index in [-0.39, 0.29) is 11.6 Å². The molecule has 0 bridgehead atoms. The smallest absolute Gasteiger partial charge is 0.318 e. The van der Waals surface area contributed by atoms with E-state index < -0.39 is 0 Å². The van der Waals surface area contributed by atoms with Crippen molar-refractivity contribution < 1.29 is 4.79 Å². The van der Waals surface area contributed by atoms with E-state index >= 15 is 0 Å². The molecular formula is C16H31N3O. The van der Waals surface area contributed by atoms with E-state index in [9.17, 15) is 4.79 Å². The van der Waals surface area contributed by atoms with Gasteiger partial charge < -0.3 is 16.0 Å². The quantitative estimate of drug-likeness (QED) is 0.814. The van der Waals surface area contributed by atoms with Crippen LogP contribution < -0.4 is 11.1 Å². The Balaban J connectivity index is 2.05. The zero-order chi connectivity index (χ0) is 14.6. The molecule has 2 amide bonds. The highest BCUT2D eigenvalue weighted by Crippen LogP contribution is 2.36. The number of hydrogen-bond acceptors (Lipinski definition) is 2. The number of amides is 2. The molecule has 116 valence electrons. The van der Waals surface area contributed by atoms with Crippen molar-refractivity contribution >= 4 is 6.03 Å². The van der Waals surface area contributed by atoms with E-state index in [0.29, 0.717) is 12.6 Å². The summed E-state index contributed by atoms with van der Waals surface area (Å²) in [5, 5.41) is 3.20. The van der Waals surface area contributed by atoms with Crippen molar-refractivity contribution in [2.24, 2.45) is 11.7 Å². The Bertz CT molecular complexity index is 320. The summed E-state index contributed by atoms with van der Waals surface area (Å²) in [5.74, 6) is 0.771. The van der Waals surface area contributed by atoms with Gasteiger partial charge in [-0.05, 0) is 57.3 Å². The number of nitrogens with one attached hydrogen (secondary N) is 1. The molecule has 2 aliphatic rings. The van der Waals surface area contributed by atoms with Crippen LogP contribution in [0.3, 0.4) is 0 Å². The fraction of sp³-hybridized carbons (Fsp3) is 0.938. The number of carbonyl (C=O) groups excluding carboxylic acids is 1. The molecule has 0 atom stereocenters. The Morgan fingerprint density at radius 1 is 1.30 bits per heavy atom. The number of hydrogen-bond donors (Lipinski definition) is 2. The number of rotatable bonds is 5. The van der Waals surface area contributed by atoms with Gasteiger partial charge in [0.05, 0.1) is 5.54 Å². The molecule has 2 fully saturated rings. The van der Waals surface area contributed by atoms with Crippen molar-refractivity contribution in [3.05, 3.63) is 0 Å². The molecule has 20 heavy (non-hydrogen) atoms. The minimum atomic E-state index is -0.101. The standard InChI is InChI=1S/C16H31N3O/c1-3-11-19(15(20)18-14-5-4-6-14)16(12-17)9-7-13(2)8-10-16/h13-14H,3-12,17H2,1-2H3,(H,18,20). The zero-order valence-electron chi connectivity index (χ0n) is 13.2. The van der Waals surface area contributed by atoms with Gasteiger partial charge in [-0.25, -0.2) is 4.79 Å². The lowest BCUT2D eigenvalue weighted by Gasteiger charge is -2.47. The molecule has 0 heterocycles. The van der Waals surface area contributed by atoms with Crippen molar-refractivity contribution in [2.75, 3.05) is 13.1 Å². The monoisotopic (exact) mass is 281 g/mol. The van der Waals surface area contributed by atoms with Crippen LogP contribution in [-0.4, -0.2) is 35.6 Å². The van der Waals surface area contributed by atoms with Crippen molar-refractivity contribution in [1.82, 2.24) is 10.2 Å². The van der Waals surface area contributed by atoms with Crippen LogP contribution in [-0.2, 0) is 0 Å². The second-order valence-corrected chi connectivity index (χ2v) is 6.84. The van der Waals surface area contributed by atoms with Crippen LogP contribution in [0.15, 0.2) is 0 Å². The van der Waals surface area contributed by atoms with Gasteiger partial charge in [0.1, 0.15) is 0 Å². The van der Waals surface area contributed by atoms with Crippen LogP contribution in [0.1, 0.15) is 65.2 Å². The summed E-state index contributed by atoms with van der Waals surface area (Å²) in [6.45, 7) is 5.86. The molecule has 0 radical (unpaired) electrons. The predicted octanol–water partition coefficient (Wildman–Crippen LogP) is 2.87. The lowest BCUT2D eigenvalue weighted by molar-refractivity contribution is 0.0679. The second-order valence-electron chi connectivity index (χ2n) is 6.84. The van der Waals surface area contributed by atoms with E-state index in [2.05, 4.69) is 24.1 Å². The van der Waals surface area contributed by atoms with Crippen molar-refractivity contribution in [3.63, 3.8) is 0 Å². The largest absolute Gasteiger partial charge is 0.335 e. The minimum Gasteiger partial charge on any atom is -0.335 e. The Kier molecular flexibility index (Phi) is 5.30. The van der Waals surface area contributed by atoms with Crippen molar-refractivity contribution in [2.45, 2.75) is 76.8 Å². The van der Waals surface area contributed by atoms with Crippen LogP contribution in [0.5, 0.6) is 0 Å². The molecule has 0 saturated heterocycles. The summed E-state index contributed by atoms with van der Waals surface area (Å²) < 4.78 is 0. The maximum atomic E-state index is 12.6. The molecule has 0 aromatic rings. The maximum absolute atomic E-state index is 12.6. The number of carbonyl (C=O) groups is 1. The van der Waals surface area contributed by atoms with Gasteiger partial charge in [0.15, 0.2) is 0 Å². The summed E-state index contributed by atoms with van der Waals surface area (Å²) >= 11 is 0. The van der Waals surface area contributed by atoms with Crippen LogP contribution in [0.25, 0.3) is 0 Å². The third-order valence-electron chi connectivity index (χ3n) is 5.28. The maximum Gasteiger partial charge on any atom is 0.318 e. The highest BCUT2D eigenvalue weighted by molar-refractivity contribution is 5.75. The molecule has 4 nitrogen and oxygen atoms in total. The van der Waals surface area contributed by atoms with Gasteiger partial charge in [-0.15, -0.1) is 0 Å². The van der Waals surface area contributed by atoms with E-state index in [4.69, 9.17) is 5.73 Å². The highest BCUT2D eigenvalue weighted by atomic mass is 16.2. The van der Waals surface area contributed by atoms with Gasteiger partial charge in [-0.2, -0.15) is 0 Å². The van der Waals surface area contributed by atoms with Gasteiger partial charge >= 0.3 is 6.03 Å². The highest BCUT2D eigenvalue weighted by Gasteiger charge is 2.41. The van der Waals surface area contributed by atoms with E-state index in [0.717, 1.165) is 44.6 Å². The Morgan fingerprint density at radius 3 is 2.40 bits per heavy atom. The summed E-state index contributed by atoms with van der Waals surface area (Å²) in [6.07, 6.45) is 9.01. The molecule has 3 N–H and O–H groups in total. The van der Waals surface area contributed by atoms with E-state index in [1.807, 2.05) is 0 Å². The molecular weight excluding hydrogens is 250 g/mol. The molecule has 4 heteroatoms. The molecule has 0 aromatic heterocycles. The average molecular weight is 281 g/mol. The van der Waals surface area contributed by atoms with Crippen LogP contribution >= 0.6 is 0 Å². The molecule has 0 spiro atoms. The fourth-order valence-corrected chi connectivity index (χ4v) is 3.47. The summed E-state index contributed by atoms with van der Waals surface area (Å²) in [4.78, 5) is 14.7. The molecule has 2 saturated carbocycles. The number of nitrogens with two attached hydrogens (primary N) is 1. The Hall–Kier alpha value is -0.770. The minimum absolute atomic E-state index is 0.101. The third kappa shape index (κ3) is 3.27. The molecule has 2 aliphatic carbocycles. The van der Waals surface area contributed by atoms with Gasteiger partial charge in [0.25, 0.3) is 0 Å². The number of urea groups is 1. The predicted molar refractivity (Wildman–Crippen MR) is 82.6 cm³/mol. The first-order valence-electron chi connectivity index (χ1n) is 8.39. The molecule has 0 aliphatic heterocycles. The van der Waals surface area contributed by atoms with E-state index in [1.165, 1.54) is 19.3 Å². The first-order valence-corrected chi connectivity index (χ1v) is 8.39. The number of nitrogens with zero attached hydrogens (tertiary/aromatic N) is 1.